The van der Waals surface area contributed by atoms with Crippen molar-refractivity contribution in [1.82, 2.24) is 5.32 Å². The Hall–Kier alpha value is -2.66. The Kier molecular flexibility index (Phi) is 7.35. The lowest BCUT2D eigenvalue weighted by Crippen LogP contribution is -2.46. The summed E-state index contributed by atoms with van der Waals surface area (Å²) >= 11 is 5.88. The molecule has 0 heterocycles. The molecule has 5 nitrogen and oxygen atoms in total. The Morgan fingerprint density at radius 1 is 1.18 bits per heavy atom. The van der Waals surface area contributed by atoms with E-state index in [-0.39, 0.29) is 5.91 Å². The largest absolute Gasteiger partial charge is 0.493 e. The summed E-state index contributed by atoms with van der Waals surface area (Å²) in [7, 11) is 3.18. The van der Waals surface area contributed by atoms with E-state index in [1.54, 1.807) is 58.4 Å². The Bertz CT molecular complexity index is 831. The first-order valence-electron chi connectivity index (χ1n) is 8.88. The summed E-state index contributed by atoms with van der Waals surface area (Å²) in [6.45, 7) is 7.54. The van der Waals surface area contributed by atoms with Crippen molar-refractivity contribution in [2.45, 2.75) is 32.4 Å². The second kappa shape index (κ2) is 9.51. The highest BCUT2D eigenvalue weighted by molar-refractivity contribution is 6.30. The van der Waals surface area contributed by atoms with Crippen LogP contribution in [0.3, 0.4) is 0 Å². The van der Waals surface area contributed by atoms with E-state index in [4.69, 9.17) is 25.8 Å². The molecule has 150 valence electrons. The fourth-order valence-electron chi connectivity index (χ4n) is 2.75. The summed E-state index contributed by atoms with van der Waals surface area (Å²) in [6.07, 6.45) is 2.43. The average Bonchev–Trinajstić information content (AvgIpc) is 2.67. The van der Waals surface area contributed by atoms with Gasteiger partial charge in [0.2, 0.25) is 0 Å². The third-order valence-electron chi connectivity index (χ3n) is 4.17. The van der Waals surface area contributed by atoms with E-state index in [2.05, 4.69) is 11.9 Å². The van der Waals surface area contributed by atoms with Crippen molar-refractivity contribution in [3.63, 3.8) is 0 Å². The molecular weight excluding hydrogens is 378 g/mol. The van der Waals surface area contributed by atoms with E-state index >= 15 is 0 Å². The first-order chi connectivity index (χ1) is 13.3. The quantitative estimate of drug-likeness (QED) is 0.623. The fourth-order valence-corrected chi connectivity index (χ4v) is 2.88. The molecule has 0 bridgehead atoms. The van der Waals surface area contributed by atoms with Crippen molar-refractivity contribution in [2.75, 3.05) is 14.2 Å². The van der Waals surface area contributed by atoms with Gasteiger partial charge < -0.3 is 19.5 Å². The molecule has 0 spiro atoms. The van der Waals surface area contributed by atoms with Crippen LogP contribution in [0, 0.1) is 0 Å². The highest BCUT2D eigenvalue weighted by Gasteiger charge is 2.29. The van der Waals surface area contributed by atoms with Gasteiger partial charge in [-0.05, 0) is 62.2 Å². The molecule has 2 rings (SSSR count). The van der Waals surface area contributed by atoms with E-state index in [1.165, 1.54) is 0 Å². The number of rotatable bonds is 9. The summed E-state index contributed by atoms with van der Waals surface area (Å²) in [5, 5.41) is 3.53. The van der Waals surface area contributed by atoms with Gasteiger partial charge in [0.25, 0.3) is 5.91 Å². The molecule has 28 heavy (non-hydrogen) atoms. The molecule has 0 radical (unpaired) electrons. The van der Waals surface area contributed by atoms with Crippen LogP contribution >= 0.6 is 11.6 Å². The van der Waals surface area contributed by atoms with Gasteiger partial charge >= 0.3 is 0 Å². The van der Waals surface area contributed by atoms with E-state index in [9.17, 15) is 4.79 Å². The zero-order valence-corrected chi connectivity index (χ0v) is 17.4. The Morgan fingerprint density at radius 3 is 2.43 bits per heavy atom. The zero-order chi connectivity index (χ0) is 20.7. The van der Waals surface area contributed by atoms with Crippen molar-refractivity contribution >= 4 is 17.5 Å². The molecule has 0 aliphatic carbocycles. The van der Waals surface area contributed by atoms with Crippen LogP contribution in [0.5, 0.6) is 17.2 Å². The van der Waals surface area contributed by atoms with Crippen LogP contribution in [0.2, 0.25) is 5.02 Å². The Balaban J connectivity index is 2.11. The van der Waals surface area contributed by atoms with Crippen molar-refractivity contribution in [2.24, 2.45) is 0 Å². The lowest BCUT2D eigenvalue weighted by atomic mass is 10.0. The minimum atomic E-state index is -1.05. The lowest BCUT2D eigenvalue weighted by molar-refractivity contribution is -0.134. The molecule has 1 N–H and O–H groups in total. The number of carbonyl (C=O) groups is 1. The number of carbonyl (C=O) groups excluding carboxylic acids is 1. The van der Waals surface area contributed by atoms with Crippen LogP contribution in [0.25, 0.3) is 0 Å². The van der Waals surface area contributed by atoms with Crippen LogP contribution in [0.1, 0.15) is 25.0 Å². The highest BCUT2D eigenvalue weighted by atomic mass is 35.5. The molecule has 0 atom stereocenters. The second-order valence-corrected chi connectivity index (χ2v) is 7.17. The molecule has 0 unspecified atom stereocenters. The van der Waals surface area contributed by atoms with Gasteiger partial charge in [-0.1, -0.05) is 17.7 Å². The van der Waals surface area contributed by atoms with Crippen molar-refractivity contribution in [3.05, 3.63) is 65.2 Å². The van der Waals surface area contributed by atoms with Crippen molar-refractivity contribution < 1.29 is 19.0 Å². The highest BCUT2D eigenvalue weighted by Crippen LogP contribution is 2.33. The Labute approximate surface area is 171 Å². The van der Waals surface area contributed by atoms with Gasteiger partial charge in [0.1, 0.15) is 5.75 Å². The monoisotopic (exact) mass is 403 g/mol. The molecule has 2 aromatic rings. The standard InChI is InChI=1S/C22H26ClNO4/c1-6-7-16-12-15(13-19(26-4)20(16)27-5)14-24-21(25)22(2,3)28-18-10-8-17(23)9-11-18/h6,8-13H,1,7,14H2,2-5H3,(H,24,25). The zero-order valence-electron chi connectivity index (χ0n) is 16.7. The van der Waals surface area contributed by atoms with Crippen molar-refractivity contribution in [1.29, 1.82) is 0 Å². The molecule has 0 saturated heterocycles. The number of halogens is 1. The summed E-state index contributed by atoms with van der Waals surface area (Å²) in [5.41, 5.74) is 0.789. The van der Waals surface area contributed by atoms with Gasteiger partial charge in [0.05, 0.1) is 14.2 Å². The maximum absolute atomic E-state index is 12.7. The number of amides is 1. The van der Waals surface area contributed by atoms with Gasteiger partial charge in [0.15, 0.2) is 17.1 Å². The molecule has 1 amide bonds. The summed E-state index contributed by atoms with van der Waals surface area (Å²) < 4.78 is 16.7. The number of hydrogen-bond acceptors (Lipinski definition) is 4. The van der Waals surface area contributed by atoms with E-state index in [0.29, 0.717) is 35.2 Å². The minimum Gasteiger partial charge on any atom is -0.493 e. The predicted octanol–water partition coefficient (Wildman–Crippen LogP) is 4.56. The first-order valence-corrected chi connectivity index (χ1v) is 9.26. The van der Waals surface area contributed by atoms with E-state index < -0.39 is 5.60 Å². The third-order valence-corrected chi connectivity index (χ3v) is 4.42. The molecule has 2 aromatic carbocycles. The van der Waals surface area contributed by atoms with Gasteiger partial charge in [-0.15, -0.1) is 6.58 Å². The van der Waals surface area contributed by atoms with Crippen LogP contribution < -0.4 is 19.5 Å². The van der Waals surface area contributed by atoms with Gasteiger partial charge in [0, 0.05) is 17.1 Å². The van der Waals surface area contributed by atoms with Crippen LogP contribution in [-0.4, -0.2) is 25.7 Å². The van der Waals surface area contributed by atoms with Gasteiger partial charge in [-0.2, -0.15) is 0 Å². The fraction of sp³-hybridized carbons (Fsp3) is 0.318. The number of nitrogens with one attached hydrogen (secondary N) is 1. The normalized spacial score (nSPS) is 10.9. The molecule has 6 heteroatoms. The average molecular weight is 404 g/mol. The molecule has 0 aliphatic rings. The number of hydrogen-bond donors (Lipinski definition) is 1. The number of methoxy groups -OCH3 is 2. The second-order valence-electron chi connectivity index (χ2n) is 6.73. The minimum absolute atomic E-state index is 0.234. The molecule has 0 aliphatic heterocycles. The summed E-state index contributed by atoms with van der Waals surface area (Å²) in [5.74, 6) is 1.62. The third kappa shape index (κ3) is 5.42. The lowest BCUT2D eigenvalue weighted by Gasteiger charge is -2.25. The van der Waals surface area contributed by atoms with Gasteiger partial charge in [-0.3, -0.25) is 4.79 Å². The predicted molar refractivity (Wildman–Crippen MR) is 111 cm³/mol. The smallest absolute Gasteiger partial charge is 0.263 e. The van der Waals surface area contributed by atoms with Gasteiger partial charge in [-0.25, -0.2) is 0 Å². The summed E-state index contributed by atoms with van der Waals surface area (Å²) in [4.78, 5) is 12.7. The number of ether oxygens (including phenoxy) is 3. The molecule has 0 aromatic heterocycles. The maximum atomic E-state index is 12.7. The molecular formula is C22H26ClNO4. The first kappa shape index (κ1) is 21.6. The van der Waals surface area contributed by atoms with Crippen LogP contribution in [0.15, 0.2) is 49.1 Å². The van der Waals surface area contributed by atoms with E-state index in [0.717, 1.165) is 11.1 Å². The van der Waals surface area contributed by atoms with Crippen molar-refractivity contribution in [3.8, 4) is 17.2 Å². The van der Waals surface area contributed by atoms with E-state index in [1.807, 2.05) is 12.1 Å². The maximum Gasteiger partial charge on any atom is 0.263 e. The Morgan fingerprint density at radius 2 is 1.86 bits per heavy atom. The molecule has 0 fully saturated rings. The number of allylic oxidation sites excluding steroid dienone is 1. The SMILES string of the molecule is C=CCc1cc(CNC(=O)C(C)(C)Oc2ccc(Cl)cc2)cc(OC)c1OC. The number of benzene rings is 2. The topological polar surface area (TPSA) is 56.8 Å². The van der Waals surface area contributed by atoms with Crippen LogP contribution in [-0.2, 0) is 17.8 Å². The molecule has 0 saturated carbocycles. The van der Waals surface area contributed by atoms with Crippen LogP contribution in [0.4, 0.5) is 0 Å². The summed E-state index contributed by atoms with van der Waals surface area (Å²) in [6, 6.07) is 10.7.